The van der Waals surface area contributed by atoms with E-state index in [0.717, 1.165) is 0 Å². The van der Waals surface area contributed by atoms with Crippen LogP contribution in [0.4, 0.5) is 0 Å². The van der Waals surface area contributed by atoms with Gasteiger partial charge < -0.3 is 5.32 Å². The summed E-state index contributed by atoms with van der Waals surface area (Å²) in [6.07, 6.45) is 0. The molecule has 0 spiro atoms. The smallest absolute Gasteiger partial charge is 0.0757 e. The maximum Gasteiger partial charge on any atom is 0.0757 e. The van der Waals surface area contributed by atoms with E-state index in [9.17, 15) is 0 Å². The second kappa shape index (κ2) is 4.37. The zero-order valence-corrected chi connectivity index (χ0v) is 10.2. The molecule has 0 bridgehead atoms. The van der Waals surface area contributed by atoms with Crippen LogP contribution in [0, 0.1) is 0 Å². The second-order valence-electron chi connectivity index (χ2n) is 4.56. The molecule has 0 aliphatic carbocycles. The molecular formula is C12H19NS. The number of hydrogen-bond donors (Lipinski definition) is 2. The fourth-order valence-corrected chi connectivity index (χ4v) is 1.50. The molecule has 0 heterocycles. The lowest BCUT2D eigenvalue weighted by atomic mass is 9.87. The Hall–Kier alpha value is -0.470. The minimum Gasteiger partial charge on any atom is -0.305 e. The van der Waals surface area contributed by atoms with Gasteiger partial charge in [0.2, 0.25) is 0 Å². The van der Waals surface area contributed by atoms with Gasteiger partial charge in [-0.3, -0.25) is 0 Å². The normalized spacial score (nSPS) is 14.1. The molecule has 1 aromatic carbocycles. The van der Waals surface area contributed by atoms with Gasteiger partial charge in [-0.25, -0.2) is 0 Å². The van der Waals surface area contributed by atoms with Crippen molar-refractivity contribution in [2.45, 2.75) is 31.6 Å². The Labute approximate surface area is 92.3 Å². The van der Waals surface area contributed by atoms with Gasteiger partial charge in [0, 0.05) is 0 Å². The van der Waals surface area contributed by atoms with E-state index < -0.39 is 0 Å². The first-order valence-electron chi connectivity index (χ1n) is 4.91. The van der Waals surface area contributed by atoms with E-state index in [0.29, 0.717) is 0 Å². The average Bonchev–Trinajstić information content (AvgIpc) is 2.15. The van der Waals surface area contributed by atoms with Crippen LogP contribution in [0.1, 0.15) is 37.3 Å². The summed E-state index contributed by atoms with van der Waals surface area (Å²) in [5.74, 6) is 0. The Kier molecular flexibility index (Phi) is 3.62. The van der Waals surface area contributed by atoms with Gasteiger partial charge in [-0.1, -0.05) is 45.0 Å². The molecule has 0 aliphatic rings. The highest BCUT2D eigenvalue weighted by molar-refractivity contribution is 7.80. The standard InChI is InChI=1S/C12H19NS/c1-12(2,3)10-7-5-9(6-8-10)11(14)13-4/h5-8,11,13-14H,1-4H3. The number of rotatable bonds is 2. The molecule has 0 saturated heterocycles. The summed E-state index contributed by atoms with van der Waals surface area (Å²) in [5, 5.41) is 3.23. The van der Waals surface area contributed by atoms with Gasteiger partial charge in [-0.05, 0) is 23.6 Å². The first-order chi connectivity index (χ1) is 6.45. The second-order valence-corrected chi connectivity index (χ2v) is 5.08. The van der Waals surface area contributed by atoms with E-state index in [1.54, 1.807) is 0 Å². The van der Waals surface area contributed by atoms with Crippen LogP contribution in [0.25, 0.3) is 0 Å². The Morgan fingerprint density at radius 2 is 1.64 bits per heavy atom. The average molecular weight is 209 g/mol. The van der Waals surface area contributed by atoms with E-state index in [1.807, 2.05) is 7.05 Å². The molecule has 1 aromatic rings. The van der Waals surface area contributed by atoms with Crippen molar-refractivity contribution in [3.8, 4) is 0 Å². The molecule has 14 heavy (non-hydrogen) atoms. The summed E-state index contributed by atoms with van der Waals surface area (Å²) in [6, 6.07) is 8.62. The third-order valence-electron chi connectivity index (χ3n) is 2.37. The predicted molar refractivity (Wildman–Crippen MR) is 65.9 cm³/mol. The topological polar surface area (TPSA) is 12.0 Å². The van der Waals surface area contributed by atoms with Gasteiger partial charge in [-0.2, -0.15) is 12.6 Å². The minimum absolute atomic E-state index is 0.129. The highest BCUT2D eigenvalue weighted by Crippen LogP contribution is 2.24. The first-order valence-corrected chi connectivity index (χ1v) is 5.42. The van der Waals surface area contributed by atoms with Crippen LogP contribution in [-0.2, 0) is 5.41 Å². The van der Waals surface area contributed by atoms with Crippen LogP contribution in [0.15, 0.2) is 24.3 Å². The Morgan fingerprint density at radius 1 is 1.14 bits per heavy atom. The van der Waals surface area contributed by atoms with Gasteiger partial charge in [-0.15, -0.1) is 0 Å². The molecule has 0 amide bonds. The number of thiol groups is 1. The van der Waals surface area contributed by atoms with Gasteiger partial charge in [0.15, 0.2) is 0 Å². The lowest BCUT2D eigenvalue weighted by molar-refractivity contribution is 0.589. The van der Waals surface area contributed by atoms with E-state index in [-0.39, 0.29) is 10.8 Å². The van der Waals surface area contributed by atoms with E-state index in [4.69, 9.17) is 0 Å². The lowest BCUT2D eigenvalue weighted by Gasteiger charge is -2.20. The maximum absolute atomic E-state index is 4.42. The molecule has 1 rings (SSSR count). The van der Waals surface area contributed by atoms with Gasteiger partial charge in [0.05, 0.1) is 5.37 Å². The van der Waals surface area contributed by atoms with E-state index >= 15 is 0 Å². The monoisotopic (exact) mass is 209 g/mol. The summed E-state index contributed by atoms with van der Waals surface area (Å²) in [7, 11) is 1.91. The summed E-state index contributed by atoms with van der Waals surface area (Å²) >= 11 is 4.42. The fourth-order valence-electron chi connectivity index (χ4n) is 1.33. The van der Waals surface area contributed by atoms with Crippen molar-refractivity contribution in [2.75, 3.05) is 7.05 Å². The summed E-state index contributed by atoms with van der Waals surface area (Å²) in [5.41, 5.74) is 2.80. The van der Waals surface area contributed by atoms with Crippen molar-refractivity contribution in [1.82, 2.24) is 5.32 Å². The predicted octanol–water partition coefficient (Wildman–Crippen LogP) is 3.13. The van der Waals surface area contributed by atoms with Crippen LogP contribution in [0.5, 0.6) is 0 Å². The summed E-state index contributed by atoms with van der Waals surface area (Å²) in [4.78, 5) is 0. The Bertz CT molecular complexity index is 284. The van der Waals surface area contributed by atoms with Crippen LogP contribution >= 0.6 is 12.6 Å². The molecule has 0 aromatic heterocycles. The molecule has 0 fully saturated rings. The van der Waals surface area contributed by atoms with E-state index in [2.05, 4.69) is 63.0 Å². The first kappa shape index (κ1) is 11.6. The van der Waals surface area contributed by atoms with Crippen molar-refractivity contribution in [3.63, 3.8) is 0 Å². The molecule has 0 radical (unpaired) electrons. The zero-order valence-electron chi connectivity index (χ0n) is 9.33. The molecule has 0 saturated carbocycles. The number of nitrogens with one attached hydrogen (secondary N) is 1. The Morgan fingerprint density at radius 3 is 2.00 bits per heavy atom. The zero-order chi connectivity index (χ0) is 10.8. The molecule has 78 valence electrons. The van der Waals surface area contributed by atoms with Gasteiger partial charge in [0.25, 0.3) is 0 Å². The van der Waals surface area contributed by atoms with Crippen molar-refractivity contribution in [3.05, 3.63) is 35.4 Å². The molecule has 1 unspecified atom stereocenters. The van der Waals surface area contributed by atoms with Crippen molar-refractivity contribution < 1.29 is 0 Å². The molecule has 1 atom stereocenters. The summed E-state index contributed by atoms with van der Waals surface area (Å²) in [6.45, 7) is 6.66. The molecule has 1 nitrogen and oxygen atoms in total. The van der Waals surface area contributed by atoms with Gasteiger partial charge in [0.1, 0.15) is 0 Å². The third-order valence-corrected chi connectivity index (χ3v) is 2.92. The largest absolute Gasteiger partial charge is 0.305 e. The minimum atomic E-state index is 0.129. The maximum atomic E-state index is 4.42. The van der Waals surface area contributed by atoms with Crippen LogP contribution < -0.4 is 5.32 Å². The van der Waals surface area contributed by atoms with Crippen molar-refractivity contribution in [1.29, 1.82) is 0 Å². The molecule has 2 heteroatoms. The molecule has 0 aliphatic heterocycles. The fraction of sp³-hybridized carbons (Fsp3) is 0.500. The van der Waals surface area contributed by atoms with Crippen LogP contribution in [-0.4, -0.2) is 7.05 Å². The molecular weight excluding hydrogens is 190 g/mol. The highest BCUT2D eigenvalue weighted by atomic mass is 32.1. The third kappa shape index (κ3) is 2.76. The number of hydrogen-bond acceptors (Lipinski definition) is 2. The number of benzene rings is 1. The van der Waals surface area contributed by atoms with Crippen molar-refractivity contribution in [2.24, 2.45) is 0 Å². The van der Waals surface area contributed by atoms with Crippen LogP contribution in [0.3, 0.4) is 0 Å². The SMILES string of the molecule is CNC(S)c1ccc(C(C)(C)C)cc1. The summed E-state index contributed by atoms with van der Waals surface area (Å²) < 4.78 is 0. The van der Waals surface area contributed by atoms with E-state index in [1.165, 1.54) is 11.1 Å². The quantitative estimate of drug-likeness (QED) is 0.563. The van der Waals surface area contributed by atoms with Crippen LogP contribution in [0.2, 0.25) is 0 Å². The van der Waals surface area contributed by atoms with Crippen molar-refractivity contribution >= 4 is 12.6 Å². The lowest BCUT2D eigenvalue weighted by Crippen LogP contribution is -2.13. The highest BCUT2D eigenvalue weighted by Gasteiger charge is 2.13. The van der Waals surface area contributed by atoms with Gasteiger partial charge >= 0.3 is 0 Å². The molecule has 1 N–H and O–H groups in total. The Balaban J connectivity index is 2.89.